The third-order valence-corrected chi connectivity index (χ3v) is 11.7. The predicted molar refractivity (Wildman–Crippen MR) is 132 cm³/mol. The molecule has 0 bridgehead atoms. The van der Waals surface area contributed by atoms with Crippen molar-refractivity contribution in [1.82, 2.24) is 0 Å². The Hall–Kier alpha value is -0.920. The monoisotopic (exact) mass is 440 g/mol. The van der Waals surface area contributed by atoms with Crippen LogP contribution in [0.5, 0.6) is 0 Å². The topological polar surface area (TPSA) is 34.1 Å². The SMILES string of the molecule is CC(C)C(=O)CC[C@H](C)[C@@H]1CC[C@]2(C)C3=C(CC[C@@]12C)[C@@]1(C)CCC(=O)C(C)(C)[C@@H]1CC3. The van der Waals surface area contributed by atoms with E-state index in [1.807, 2.05) is 13.8 Å². The van der Waals surface area contributed by atoms with E-state index in [-0.39, 0.29) is 16.7 Å². The first-order chi connectivity index (χ1) is 14.8. The third-order valence-electron chi connectivity index (χ3n) is 11.7. The van der Waals surface area contributed by atoms with Gasteiger partial charge in [-0.15, -0.1) is 0 Å². The maximum absolute atomic E-state index is 12.8. The number of Topliss-reactive ketones (excluding diaryl/α,β-unsaturated/α-hetero) is 2. The van der Waals surface area contributed by atoms with Gasteiger partial charge in [-0.2, -0.15) is 0 Å². The fourth-order valence-electron chi connectivity index (χ4n) is 9.30. The minimum absolute atomic E-state index is 0.163. The summed E-state index contributed by atoms with van der Waals surface area (Å²) in [5.74, 6) is 2.91. The molecule has 0 aromatic carbocycles. The Labute approximate surface area is 197 Å². The van der Waals surface area contributed by atoms with Gasteiger partial charge in [-0.25, -0.2) is 0 Å². The van der Waals surface area contributed by atoms with Crippen LogP contribution < -0.4 is 0 Å². The predicted octanol–water partition coefficient (Wildman–Crippen LogP) is 7.95. The Bertz CT molecular complexity index is 832. The molecule has 180 valence electrons. The molecule has 4 aliphatic rings. The zero-order valence-electron chi connectivity index (χ0n) is 22.2. The van der Waals surface area contributed by atoms with Crippen molar-refractivity contribution in [3.8, 4) is 0 Å². The highest BCUT2D eigenvalue weighted by atomic mass is 16.1. The van der Waals surface area contributed by atoms with Crippen LogP contribution >= 0.6 is 0 Å². The van der Waals surface area contributed by atoms with Crippen LogP contribution in [0.15, 0.2) is 11.1 Å². The largest absolute Gasteiger partial charge is 0.299 e. The van der Waals surface area contributed by atoms with Crippen LogP contribution in [-0.2, 0) is 9.59 Å². The van der Waals surface area contributed by atoms with Crippen LogP contribution in [0.25, 0.3) is 0 Å². The van der Waals surface area contributed by atoms with Crippen molar-refractivity contribution in [2.45, 2.75) is 120 Å². The van der Waals surface area contributed by atoms with Gasteiger partial charge in [-0.3, -0.25) is 9.59 Å². The molecule has 0 spiro atoms. The van der Waals surface area contributed by atoms with Crippen LogP contribution in [0.1, 0.15) is 120 Å². The molecule has 2 nitrogen and oxygen atoms in total. The molecular formula is C30H48O2. The van der Waals surface area contributed by atoms with Crippen molar-refractivity contribution in [3.63, 3.8) is 0 Å². The van der Waals surface area contributed by atoms with Gasteiger partial charge >= 0.3 is 0 Å². The summed E-state index contributed by atoms with van der Waals surface area (Å²) >= 11 is 0. The van der Waals surface area contributed by atoms with Crippen molar-refractivity contribution >= 4 is 11.6 Å². The second-order valence-electron chi connectivity index (χ2n) is 13.6. The highest BCUT2D eigenvalue weighted by Gasteiger charge is 2.63. The van der Waals surface area contributed by atoms with Crippen molar-refractivity contribution in [3.05, 3.63) is 11.1 Å². The van der Waals surface area contributed by atoms with E-state index in [2.05, 4.69) is 41.5 Å². The van der Waals surface area contributed by atoms with Gasteiger partial charge in [0.1, 0.15) is 11.6 Å². The zero-order valence-corrected chi connectivity index (χ0v) is 22.2. The standard InChI is InChI=1S/C30H48O2/c1-19(2)24(31)11-9-20(3)21-13-17-30(8)23-10-12-25-27(4,5)26(32)15-16-28(25,6)22(23)14-18-29(21,30)7/h19-21,25H,9-18H2,1-8H3/t20-,21-,25-,28+,29-,30+/m0/s1. The third kappa shape index (κ3) is 3.24. The van der Waals surface area contributed by atoms with E-state index in [0.717, 1.165) is 31.6 Å². The van der Waals surface area contributed by atoms with Crippen LogP contribution in [0.2, 0.25) is 0 Å². The molecule has 6 atom stereocenters. The Balaban J connectivity index is 1.63. The smallest absolute Gasteiger partial charge is 0.138 e. The Kier molecular flexibility index (Phi) is 5.91. The van der Waals surface area contributed by atoms with Crippen LogP contribution in [0.4, 0.5) is 0 Å². The number of hydrogen-bond acceptors (Lipinski definition) is 2. The van der Waals surface area contributed by atoms with Crippen LogP contribution in [-0.4, -0.2) is 11.6 Å². The molecule has 0 radical (unpaired) electrons. The van der Waals surface area contributed by atoms with Gasteiger partial charge in [0.15, 0.2) is 0 Å². The molecule has 0 N–H and O–H groups in total. The molecular weight excluding hydrogens is 392 g/mol. The number of ketones is 2. The molecule has 0 aromatic heterocycles. The molecule has 32 heavy (non-hydrogen) atoms. The number of fused-ring (bicyclic) bond motifs is 4. The fourth-order valence-corrected chi connectivity index (χ4v) is 9.30. The van der Waals surface area contributed by atoms with Crippen molar-refractivity contribution in [2.75, 3.05) is 0 Å². The lowest BCUT2D eigenvalue weighted by Crippen LogP contribution is -2.53. The molecule has 4 aliphatic carbocycles. The molecule has 0 saturated heterocycles. The first kappa shape index (κ1) is 24.2. The molecule has 0 aromatic rings. The molecule has 0 unspecified atom stereocenters. The van der Waals surface area contributed by atoms with E-state index < -0.39 is 0 Å². The Morgan fingerprint density at radius 3 is 2.25 bits per heavy atom. The molecule has 0 heterocycles. The summed E-state index contributed by atoms with van der Waals surface area (Å²) in [6.45, 7) is 18.6. The first-order valence-electron chi connectivity index (χ1n) is 13.6. The summed E-state index contributed by atoms with van der Waals surface area (Å²) in [6.07, 6.45) is 11.1. The van der Waals surface area contributed by atoms with Gasteiger partial charge in [-0.05, 0) is 85.4 Å². The van der Waals surface area contributed by atoms with Gasteiger partial charge in [0, 0.05) is 24.2 Å². The molecule has 2 heteroatoms. The minimum Gasteiger partial charge on any atom is -0.299 e. The highest BCUT2D eigenvalue weighted by Crippen LogP contribution is 2.72. The lowest BCUT2D eigenvalue weighted by Gasteiger charge is -2.61. The number of carbonyl (C=O) groups is 2. The normalized spacial score (nSPS) is 41.8. The fraction of sp³-hybridized carbons (Fsp3) is 0.867. The lowest BCUT2D eigenvalue weighted by molar-refractivity contribution is -0.139. The van der Waals surface area contributed by atoms with E-state index >= 15 is 0 Å². The van der Waals surface area contributed by atoms with E-state index in [1.165, 1.54) is 38.5 Å². The summed E-state index contributed by atoms with van der Waals surface area (Å²) in [7, 11) is 0. The van der Waals surface area contributed by atoms with Crippen LogP contribution in [0, 0.1) is 45.3 Å². The second kappa shape index (κ2) is 7.81. The van der Waals surface area contributed by atoms with Gasteiger partial charge in [0.25, 0.3) is 0 Å². The minimum atomic E-state index is -0.178. The average Bonchev–Trinajstić information content (AvgIpc) is 3.00. The van der Waals surface area contributed by atoms with Crippen molar-refractivity contribution < 1.29 is 9.59 Å². The summed E-state index contributed by atoms with van der Waals surface area (Å²) in [6, 6.07) is 0. The van der Waals surface area contributed by atoms with E-state index in [9.17, 15) is 9.59 Å². The molecule has 0 aliphatic heterocycles. The van der Waals surface area contributed by atoms with Gasteiger partial charge in [0.05, 0.1) is 0 Å². The van der Waals surface area contributed by atoms with Gasteiger partial charge < -0.3 is 0 Å². The van der Waals surface area contributed by atoms with E-state index in [0.29, 0.717) is 34.2 Å². The second-order valence-corrected chi connectivity index (χ2v) is 13.6. The van der Waals surface area contributed by atoms with Gasteiger partial charge in [0.2, 0.25) is 0 Å². The molecule has 4 rings (SSSR count). The van der Waals surface area contributed by atoms with E-state index in [4.69, 9.17) is 0 Å². The maximum atomic E-state index is 12.8. The summed E-state index contributed by atoms with van der Waals surface area (Å²) in [4.78, 5) is 25.1. The number of allylic oxidation sites excluding steroid dienone is 2. The summed E-state index contributed by atoms with van der Waals surface area (Å²) in [5, 5.41) is 0. The number of carbonyl (C=O) groups excluding carboxylic acids is 2. The molecule has 2 saturated carbocycles. The van der Waals surface area contributed by atoms with Crippen LogP contribution in [0.3, 0.4) is 0 Å². The highest BCUT2D eigenvalue weighted by molar-refractivity contribution is 5.85. The first-order valence-corrected chi connectivity index (χ1v) is 13.6. The summed E-state index contributed by atoms with van der Waals surface area (Å²) < 4.78 is 0. The quantitative estimate of drug-likeness (QED) is 0.406. The molecule has 2 fully saturated rings. The average molecular weight is 441 g/mol. The number of hydrogen-bond donors (Lipinski definition) is 0. The van der Waals surface area contributed by atoms with E-state index in [1.54, 1.807) is 11.1 Å². The molecule has 0 amide bonds. The Morgan fingerprint density at radius 1 is 0.906 bits per heavy atom. The van der Waals surface area contributed by atoms with Crippen molar-refractivity contribution in [2.24, 2.45) is 45.3 Å². The van der Waals surface area contributed by atoms with Gasteiger partial charge in [-0.1, -0.05) is 66.5 Å². The maximum Gasteiger partial charge on any atom is 0.138 e. The Morgan fingerprint density at radius 2 is 1.59 bits per heavy atom. The summed E-state index contributed by atoms with van der Waals surface area (Å²) in [5.41, 5.74) is 4.22. The lowest BCUT2D eigenvalue weighted by atomic mass is 9.43. The zero-order chi connectivity index (χ0) is 23.7. The number of rotatable bonds is 5. The van der Waals surface area contributed by atoms with Crippen molar-refractivity contribution in [1.29, 1.82) is 0 Å².